The highest BCUT2D eigenvalue weighted by Gasteiger charge is 2.46. The smallest absolute Gasteiger partial charge is 0.323 e. The third-order valence-corrected chi connectivity index (χ3v) is 4.76. The molecule has 0 radical (unpaired) electrons. The molecule has 0 bridgehead atoms. The van der Waals surface area contributed by atoms with E-state index < -0.39 is 11.5 Å². The largest absolute Gasteiger partial charge is 0.480 e. The van der Waals surface area contributed by atoms with Crippen molar-refractivity contribution in [2.45, 2.75) is 43.9 Å². The van der Waals surface area contributed by atoms with Crippen molar-refractivity contribution in [2.24, 2.45) is 0 Å². The van der Waals surface area contributed by atoms with E-state index >= 15 is 0 Å². The first-order chi connectivity index (χ1) is 9.14. The van der Waals surface area contributed by atoms with E-state index in [1.807, 2.05) is 0 Å². The molecule has 4 heteroatoms. The van der Waals surface area contributed by atoms with Crippen LogP contribution >= 0.6 is 0 Å². The van der Waals surface area contributed by atoms with Gasteiger partial charge in [0.15, 0.2) is 0 Å². The zero-order chi connectivity index (χ0) is 13.5. The van der Waals surface area contributed by atoms with Crippen molar-refractivity contribution in [3.05, 3.63) is 35.4 Å². The Hall–Kier alpha value is -1.39. The molecule has 2 atom stereocenters. The van der Waals surface area contributed by atoms with Gasteiger partial charge in [0.05, 0.1) is 0 Å². The summed E-state index contributed by atoms with van der Waals surface area (Å²) in [6.07, 6.45) is 2.38. The van der Waals surface area contributed by atoms with E-state index in [0.717, 1.165) is 25.9 Å². The minimum atomic E-state index is -0.723. The fourth-order valence-electron chi connectivity index (χ4n) is 3.48. The lowest BCUT2D eigenvalue weighted by atomic mass is 9.98. The van der Waals surface area contributed by atoms with Gasteiger partial charge in [-0.2, -0.15) is 0 Å². The summed E-state index contributed by atoms with van der Waals surface area (Å²) in [7, 11) is 1.76. The van der Waals surface area contributed by atoms with E-state index in [-0.39, 0.29) is 0 Å². The number of carbonyl (C=O) groups is 1. The van der Waals surface area contributed by atoms with Crippen LogP contribution in [0.5, 0.6) is 0 Å². The molecule has 102 valence electrons. The van der Waals surface area contributed by atoms with Gasteiger partial charge in [-0.1, -0.05) is 24.3 Å². The van der Waals surface area contributed by atoms with E-state index in [9.17, 15) is 9.90 Å². The second-order valence-corrected chi connectivity index (χ2v) is 5.71. The van der Waals surface area contributed by atoms with Crippen molar-refractivity contribution >= 4 is 5.97 Å². The van der Waals surface area contributed by atoms with Gasteiger partial charge in [-0.25, -0.2) is 0 Å². The first-order valence-electron chi connectivity index (χ1n) is 6.88. The molecule has 1 aromatic carbocycles. The minimum absolute atomic E-state index is 0.371. The van der Waals surface area contributed by atoms with Crippen LogP contribution in [-0.2, 0) is 17.9 Å². The monoisotopic (exact) mass is 260 g/mol. The summed E-state index contributed by atoms with van der Waals surface area (Å²) in [5, 5.41) is 12.4. The fourth-order valence-corrected chi connectivity index (χ4v) is 3.48. The van der Waals surface area contributed by atoms with E-state index in [0.29, 0.717) is 12.5 Å². The second-order valence-electron chi connectivity index (χ2n) is 5.71. The average Bonchev–Trinajstić information content (AvgIpc) is 3.03. The van der Waals surface area contributed by atoms with Crippen LogP contribution in [0.1, 0.15) is 30.4 Å². The molecule has 19 heavy (non-hydrogen) atoms. The number of hydrogen-bond acceptors (Lipinski definition) is 3. The van der Waals surface area contributed by atoms with Crippen LogP contribution in [0.15, 0.2) is 24.3 Å². The second kappa shape index (κ2) is 4.62. The molecule has 1 aliphatic heterocycles. The van der Waals surface area contributed by atoms with Crippen molar-refractivity contribution in [1.29, 1.82) is 0 Å². The van der Waals surface area contributed by atoms with Crippen molar-refractivity contribution in [3.8, 4) is 0 Å². The summed E-state index contributed by atoms with van der Waals surface area (Å²) in [5.41, 5.74) is 2.05. The summed E-state index contributed by atoms with van der Waals surface area (Å²) < 4.78 is 0. The van der Waals surface area contributed by atoms with Crippen molar-refractivity contribution < 1.29 is 9.90 Å². The summed E-state index contributed by atoms with van der Waals surface area (Å²) in [6.45, 7) is 1.92. The SMILES string of the molecule is CNC1(C(=O)O)CCC(N2Cc3ccccc3C2)C1. The standard InChI is InChI=1S/C15H20N2O2/c1-16-15(14(18)19)7-6-13(8-15)17-9-11-4-2-3-5-12(11)10-17/h2-5,13,16H,6-10H2,1H3,(H,18,19). The Labute approximate surface area is 113 Å². The zero-order valence-electron chi connectivity index (χ0n) is 11.2. The van der Waals surface area contributed by atoms with Crippen LogP contribution in [0.4, 0.5) is 0 Å². The summed E-state index contributed by atoms with van der Waals surface area (Å²) >= 11 is 0. The van der Waals surface area contributed by atoms with Gasteiger partial charge < -0.3 is 10.4 Å². The minimum Gasteiger partial charge on any atom is -0.480 e. The number of hydrogen-bond donors (Lipinski definition) is 2. The molecular formula is C15H20N2O2. The molecular weight excluding hydrogens is 240 g/mol. The van der Waals surface area contributed by atoms with Gasteiger partial charge in [0.2, 0.25) is 0 Å². The Kier molecular flexibility index (Phi) is 3.07. The molecule has 2 unspecified atom stereocenters. The number of rotatable bonds is 3. The fraction of sp³-hybridized carbons (Fsp3) is 0.533. The van der Waals surface area contributed by atoms with Crippen LogP contribution in [0.25, 0.3) is 0 Å². The Bertz CT molecular complexity index is 478. The first-order valence-corrected chi connectivity index (χ1v) is 6.88. The maximum absolute atomic E-state index is 11.5. The molecule has 1 aromatic rings. The molecule has 0 aromatic heterocycles. The van der Waals surface area contributed by atoms with E-state index in [4.69, 9.17) is 0 Å². The molecule has 3 rings (SSSR count). The van der Waals surface area contributed by atoms with Crippen molar-refractivity contribution in [3.63, 3.8) is 0 Å². The molecule has 0 amide bonds. The van der Waals surface area contributed by atoms with Crippen LogP contribution in [-0.4, -0.2) is 34.6 Å². The molecule has 0 saturated heterocycles. The van der Waals surface area contributed by atoms with Crippen LogP contribution in [0.3, 0.4) is 0 Å². The Morgan fingerprint density at radius 3 is 2.47 bits per heavy atom. The third-order valence-electron chi connectivity index (χ3n) is 4.76. The topological polar surface area (TPSA) is 52.6 Å². The maximum Gasteiger partial charge on any atom is 0.323 e. The van der Waals surface area contributed by atoms with Crippen LogP contribution in [0, 0.1) is 0 Å². The van der Waals surface area contributed by atoms with Crippen LogP contribution < -0.4 is 5.32 Å². The quantitative estimate of drug-likeness (QED) is 0.866. The Balaban J connectivity index is 1.72. The summed E-state index contributed by atoms with van der Waals surface area (Å²) in [4.78, 5) is 13.9. The van der Waals surface area contributed by atoms with Crippen molar-refractivity contribution in [2.75, 3.05) is 7.05 Å². The lowest BCUT2D eigenvalue weighted by Crippen LogP contribution is -2.49. The van der Waals surface area contributed by atoms with Gasteiger partial charge in [-0.05, 0) is 37.4 Å². The maximum atomic E-state index is 11.5. The summed E-state index contributed by atoms with van der Waals surface area (Å²) in [5.74, 6) is -0.714. The normalized spacial score (nSPS) is 30.5. The van der Waals surface area contributed by atoms with Gasteiger partial charge in [-0.15, -0.1) is 0 Å². The molecule has 2 N–H and O–H groups in total. The molecule has 0 spiro atoms. The van der Waals surface area contributed by atoms with Gasteiger partial charge in [0.25, 0.3) is 0 Å². The zero-order valence-corrected chi connectivity index (χ0v) is 11.2. The predicted octanol–water partition coefficient (Wildman–Crippen LogP) is 1.60. The van der Waals surface area contributed by atoms with Gasteiger partial charge in [0, 0.05) is 19.1 Å². The average molecular weight is 260 g/mol. The lowest BCUT2D eigenvalue weighted by molar-refractivity contribution is -0.144. The number of nitrogens with zero attached hydrogens (tertiary/aromatic N) is 1. The molecule has 1 heterocycles. The van der Waals surface area contributed by atoms with Gasteiger partial charge in [-0.3, -0.25) is 9.69 Å². The molecule has 2 aliphatic rings. The lowest BCUT2D eigenvalue weighted by Gasteiger charge is -2.27. The number of benzene rings is 1. The van der Waals surface area contributed by atoms with Crippen molar-refractivity contribution in [1.82, 2.24) is 10.2 Å². The van der Waals surface area contributed by atoms with E-state index in [2.05, 4.69) is 34.5 Å². The van der Waals surface area contributed by atoms with Crippen LogP contribution in [0.2, 0.25) is 0 Å². The molecule has 1 saturated carbocycles. The highest BCUT2D eigenvalue weighted by atomic mass is 16.4. The molecule has 4 nitrogen and oxygen atoms in total. The van der Waals surface area contributed by atoms with E-state index in [1.165, 1.54) is 11.1 Å². The number of aliphatic carboxylic acids is 1. The highest BCUT2D eigenvalue weighted by Crippen LogP contribution is 2.36. The predicted molar refractivity (Wildman–Crippen MR) is 72.8 cm³/mol. The Morgan fingerprint density at radius 1 is 1.37 bits per heavy atom. The first kappa shape index (κ1) is 12.6. The van der Waals surface area contributed by atoms with Gasteiger partial charge >= 0.3 is 5.97 Å². The number of fused-ring (bicyclic) bond motifs is 1. The number of carboxylic acids is 1. The highest BCUT2D eigenvalue weighted by molar-refractivity contribution is 5.79. The number of nitrogens with one attached hydrogen (secondary N) is 1. The Morgan fingerprint density at radius 2 is 2.00 bits per heavy atom. The summed E-state index contributed by atoms with van der Waals surface area (Å²) in [6, 6.07) is 8.87. The molecule has 1 aliphatic carbocycles. The third kappa shape index (κ3) is 2.05. The van der Waals surface area contributed by atoms with E-state index in [1.54, 1.807) is 7.05 Å². The van der Waals surface area contributed by atoms with Gasteiger partial charge in [0.1, 0.15) is 5.54 Å². The number of likely N-dealkylation sites (N-methyl/N-ethyl adjacent to an activating group) is 1. The molecule has 1 fully saturated rings. The number of carboxylic acid groups (broad SMARTS) is 1.